The summed E-state index contributed by atoms with van der Waals surface area (Å²) in [6, 6.07) is 0. The molecule has 144 valence electrons. The number of carbonyl (C=O) groups excluding carboxylic acids is 1. The zero-order valence-electron chi connectivity index (χ0n) is 16.8. The lowest BCUT2D eigenvalue weighted by molar-refractivity contribution is -0.151. The van der Waals surface area contributed by atoms with Crippen molar-refractivity contribution in [2.24, 2.45) is 10.4 Å². The smallest absolute Gasteiger partial charge is 0.317 e. The van der Waals surface area contributed by atoms with Gasteiger partial charge in [0.15, 0.2) is 0 Å². The summed E-state index contributed by atoms with van der Waals surface area (Å²) in [7, 11) is 3.15. The van der Waals surface area contributed by atoms with E-state index in [1.165, 1.54) is 31.7 Å². The van der Waals surface area contributed by atoms with Crippen LogP contribution in [0.5, 0.6) is 0 Å². The predicted molar refractivity (Wildman–Crippen MR) is 109 cm³/mol. The van der Waals surface area contributed by atoms with Gasteiger partial charge >= 0.3 is 5.97 Å². The van der Waals surface area contributed by atoms with Gasteiger partial charge in [0.05, 0.1) is 24.0 Å². The van der Waals surface area contributed by atoms with Crippen molar-refractivity contribution < 1.29 is 14.3 Å². The number of aliphatic imine (C=N–C) groups is 1. The topological polar surface area (TPSA) is 47.9 Å². The van der Waals surface area contributed by atoms with Gasteiger partial charge in [-0.1, -0.05) is 39.3 Å². The van der Waals surface area contributed by atoms with Crippen molar-refractivity contribution in [2.45, 2.75) is 65.4 Å². The number of nitrogens with zero attached hydrogens (tertiary/aromatic N) is 1. The summed E-state index contributed by atoms with van der Waals surface area (Å²) in [6.07, 6.45) is 11.6. The summed E-state index contributed by atoms with van der Waals surface area (Å²) in [5.41, 5.74) is 0.0559. The van der Waals surface area contributed by atoms with Gasteiger partial charge in [0, 0.05) is 7.11 Å². The monoisotopic (exact) mass is 369 g/mol. The highest BCUT2D eigenvalue weighted by Gasteiger charge is 2.46. The number of esters is 1. The largest absolute Gasteiger partial charge is 0.468 e. The van der Waals surface area contributed by atoms with Crippen LogP contribution in [0, 0.1) is 5.41 Å². The van der Waals surface area contributed by atoms with Gasteiger partial charge in [-0.2, -0.15) is 0 Å². The normalized spacial score (nSPS) is 23.8. The molecule has 0 aliphatic heterocycles. The van der Waals surface area contributed by atoms with E-state index in [2.05, 4.69) is 25.4 Å². The lowest BCUT2D eigenvalue weighted by atomic mass is 9.69. The minimum Gasteiger partial charge on any atom is -0.468 e. The molecule has 1 aliphatic rings. The highest BCUT2D eigenvalue weighted by atomic mass is 32.2. The number of carbonyl (C=O) groups is 1. The Balaban J connectivity index is 0.00000129. The Morgan fingerprint density at radius 1 is 1.28 bits per heavy atom. The van der Waals surface area contributed by atoms with Gasteiger partial charge < -0.3 is 9.47 Å². The Bertz CT molecular complexity index is 462. The maximum atomic E-state index is 12.5. The molecule has 0 saturated heterocycles. The minimum atomic E-state index is -0.686. The van der Waals surface area contributed by atoms with E-state index in [1.807, 2.05) is 25.3 Å². The molecule has 1 rings (SSSR count). The zero-order valence-corrected chi connectivity index (χ0v) is 17.6. The first kappa shape index (κ1) is 23.9. The highest BCUT2D eigenvalue weighted by molar-refractivity contribution is 8.02. The molecule has 0 aromatic heterocycles. The van der Waals surface area contributed by atoms with Crippen LogP contribution in [-0.2, 0) is 14.3 Å². The highest BCUT2D eigenvalue weighted by Crippen LogP contribution is 2.41. The van der Waals surface area contributed by atoms with Crippen LogP contribution in [0.1, 0.15) is 59.3 Å². The third-order valence-corrected chi connectivity index (χ3v) is 5.05. The molecular weight excluding hydrogens is 334 g/mol. The Morgan fingerprint density at radius 2 is 1.84 bits per heavy atom. The fourth-order valence-electron chi connectivity index (χ4n) is 2.72. The van der Waals surface area contributed by atoms with Crippen molar-refractivity contribution in [1.29, 1.82) is 0 Å². The summed E-state index contributed by atoms with van der Waals surface area (Å²) in [5, 5.41) is 0.695. The summed E-state index contributed by atoms with van der Waals surface area (Å²) in [4.78, 5) is 17.0. The van der Waals surface area contributed by atoms with Crippen LogP contribution in [-0.4, -0.2) is 38.3 Å². The number of allylic oxidation sites excluding steroid dienone is 2. The molecule has 0 atom stereocenters. The number of hydrogen-bond donors (Lipinski definition) is 0. The van der Waals surface area contributed by atoms with E-state index in [-0.39, 0.29) is 12.1 Å². The molecule has 0 unspecified atom stereocenters. The van der Waals surface area contributed by atoms with Gasteiger partial charge in [-0.3, -0.25) is 4.79 Å². The van der Waals surface area contributed by atoms with E-state index in [0.717, 1.165) is 18.6 Å². The predicted octanol–water partition coefficient (Wildman–Crippen LogP) is 5.39. The molecular formula is C20H35NO3S. The Kier molecular flexibility index (Phi) is 12.6. The first-order valence-corrected chi connectivity index (χ1v) is 10.2. The maximum absolute atomic E-state index is 12.5. The number of hydrogen-bond acceptors (Lipinski definition) is 5. The molecule has 0 aromatic carbocycles. The van der Waals surface area contributed by atoms with Crippen LogP contribution in [0.25, 0.3) is 0 Å². The molecule has 1 saturated carbocycles. The fraction of sp³-hybridized carbons (Fsp3) is 0.700. The van der Waals surface area contributed by atoms with Crippen molar-refractivity contribution in [3.63, 3.8) is 0 Å². The first-order chi connectivity index (χ1) is 11.9. The summed E-state index contributed by atoms with van der Waals surface area (Å²) >= 11 is 1.47. The lowest BCUT2D eigenvalue weighted by Gasteiger charge is -2.37. The van der Waals surface area contributed by atoms with E-state index >= 15 is 0 Å². The van der Waals surface area contributed by atoms with Crippen molar-refractivity contribution in [3.8, 4) is 0 Å². The van der Waals surface area contributed by atoms with Crippen molar-refractivity contribution >= 4 is 23.4 Å². The summed E-state index contributed by atoms with van der Waals surface area (Å²) in [6.45, 7) is 10.2. The Labute approximate surface area is 158 Å². The van der Waals surface area contributed by atoms with Crippen molar-refractivity contribution in [2.75, 3.05) is 20.5 Å². The van der Waals surface area contributed by atoms with Crippen molar-refractivity contribution in [1.82, 2.24) is 0 Å². The van der Waals surface area contributed by atoms with E-state index in [9.17, 15) is 4.79 Å². The number of methoxy groups -OCH3 is 2. The molecule has 5 heteroatoms. The lowest BCUT2D eigenvalue weighted by Crippen LogP contribution is -2.44. The molecule has 0 radical (unpaired) electrons. The third kappa shape index (κ3) is 7.37. The standard InChI is InChI=1S/C16H25NO3S.C4H10/c1-6-7-14(17-12(2)21-5)16(15(18)20-4)10-8-13(19-3)9-11-16;1-3-4-2/h6-7,13H,2,8-11H2,1,3-5H3;3-4H2,1-2H3/b7-6-,17-14+;. The molecule has 1 aliphatic carbocycles. The van der Waals surface area contributed by atoms with Gasteiger partial charge in [-0.25, -0.2) is 4.99 Å². The average Bonchev–Trinajstić information content (AvgIpc) is 2.66. The fourth-order valence-corrected chi connectivity index (χ4v) is 2.91. The molecule has 0 N–H and O–H groups in total. The Morgan fingerprint density at radius 3 is 2.20 bits per heavy atom. The van der Waals surface area contributed by atoms with Gasteiger partial charge in [0.25, 0.3) is 0 Å². The SMILES string of the molecule is C=C(/N=C(\C=C/C)C1(C(=O)OC)CCC(OC)CC1)SC.CCCC. The van der Waals surface area contributed by atoms with Gasteiger partial charge in [-0.05, 0) is 44.9 Å². The van der Waals surface area contributed by atoms with E-state index in [4.69, 9.17) is 9.47 Å². The third-order valence-electron chi connectivity index (χ3n) is 4.49. The molecule has 1 fully saturated rings. The van der Waals surface area contributed by atoms with Crippen LogP contribution >= 0.6 is 11.8 Å². The second kappa shape index (κ2) is 13.2. The quantitative estimate of drug-likeness (QED) is 0.446. The summed E-state index contributed by atoms with van der Waals surface area (Å²) < 4.78 is 10.5. The Hall–Kier alpha value is -1.07. The van der Waals surface area contributed by atoms with Crippen LogP contribution in [0.2, 0.25) is 0 Å². The molecule has 0 amide bonds. The average molecular weight is 370 g/mol. The summed E-state index contributed by atoms with van der Waals surface area (Å²) in [5.74, 6) is -0.220. The molecule has 25 heavy (non-hydrogen) atoms. The maximum Gasteiger partial charge on any atom is 0.317 e. The second-order valence-corrected chi connectivity index (χ2v) is 6.98. The van der Waals surface area contributed by atoms with E-state index < -0.39 is 5.41 Å². The molecule has 0 aromatic rings. The molecule has 0 spiro atoms. The zero-order chi connectivity index (χ0) is 19.3. The molecule has 0 heterocycles. The molecule has 0 bridgehead atoms. The van der Waals surface area contributed by atoms with E-state index in [1.54, 1.807) is 7.11 Å². The number of thioether (sulfide) groups is 1. The van der Waals surface area contributed by atoms with Crippen molar-refractivity contribution in [3.05, 3.63) is 23.8 Å². The minimum absolute atomic E-state index is 0.207. The van der Waals surface area contributed by atoms with Gasteiger partial charge in [0.1, 0.15) is 5.41 Å². The van der Waals surface area contributed by atoms with Gasteiger partial charge in [-0.15, -0.1) is 11.8 Å². The number of unbranched alkanes of at least 4 members (excludes halogenated alkanes) is 1. The first-order valence-electron chi connectivity index (χ1n) is 9.01. The van der Waals surface area contributed by atoms with Crippen LogP contribution in [0.3, 0.4) is 0 Å². The second-order valence-electron chi connectivity index (χ2n) is 6.10. The van der Waals surface area contributed by atoms with Gasteiger partial charge in [0.2, 0.25) is 0 Å². The van der Waals surface area contributed by atoms with E-state index in [0.29, 0.717) is 17.9 Å². The number of rotatable bonds is 7. The van der Waals surface area contributed by atoms with Crippen LogP contribution in [0.4, 0.5) is 0 Å². The van der Waals surface area contributed by atoms with Crippen LogP contribution in [0.15, 0.2) is 28.8 Å². The van der Waals surface area contributed by atoms with Crippen LogP contribution < -0.4 is 0 Å². The molecule has 4 nitrogen and oxygen atoms in total. The number of ether oxygens (including phenoxy) is 2.